The number of thiazole rings is 1. The number of hydrogen-bond acceptors (Lipinski definition) is 5. The van der Waals surface area contributed by atoms with E-state index in [0.717, 1.165) is 17.5 Å². The molecule has 0 aliphatic carbocycles. The van der Waals surface area contributed by atoms with Crippen LogP contribution in [0.4, 0.5) is 0 Å². The van der Waals surface area contributed by atoms with Crippen LogP contribution in [0.15, 0.2) is 4.79 Å². The molecule has 1 aromatic rings. The van der Waals surface area contributed by atoms with E-state index in [4.69, 9.17) is 0 Å². The van der Waals surface area contributed by atoms with Crippen molar-refractivity contribution in [3.05, 3.63) is 29.7 Å². The highest BCUT2D eigenvalue weighted by atomic mass is 32.1. The van der Waals surface area contributed by atoms with Gasteiger partial charge in [0.15, 0.2) is 4.66 Å². The first-order chi connectivity index (χ1) is 6.91. The van der Waals surface area contributed by atoms with Crippen LogP contribution in [0.5, 0.6) is 0 Å². The van der Waals surface area contributed by atoms with Crippen LogP contribution in [0.1, 0.15) is 0 Å². The number of aromatic nitrogens is 1. The van der Waals surface area contributed by atoms with E-state index in [0.29, 0.717) is 9.20 Å². The quantitative estimate of drug-likeness (QED) is 0.470. The van der Waals surface area contributed by atoms with E-state index < -0.39 is 4.92 Å². The summed E-state index contributed by atoms with van der Waals surface area (Å²) in [6, 6.07) is 0. The lowest BCUT2D eigenvalue weighted by Gasteiger charge is -1.99. The van der Waals surface area contributed by atoms with Crippen molar-refractivity contribution in [2.75, 3.05) is 14.1 Å². The van der Waals surface area contributed by atoms with E-state index in [9.17, 15) is 14.9 Å². The van der Waals surface area contributed by atoms with Crippen molar-refractivity contribution >= 4 is 23.7 Å². The van der Waals surface area contributed by atoms with Crippen LogP contribution < -0.4 is 14.8 Å². The molecular weight excluding hydrogens is 218 g/mol. The summed E-state index contributed by atoms with van der Waals surface area (Å²) >= 11 is 1.10. The SMILES string of the molecule is CN(C)C=c1sc(=C[N+](=O)[O-])n(C)c1=O. The van der Waals surface area contributed by atoms with Gasteiger partial charge >= 0.3 is 0 Å². The second-order valence-corrected chi connectivity index (χ2v) is 4.24. The average molecular weight is 229 g/mol. The zero-order chi connectivity index (χ0) is 11.6. The smallest absolute Gasteiger partial charge is 0.270 e. The molecule has 15 heavy (non-hydrogen) atoms. The highest BCUT2D eigenvalue weighted by Gasteiger charge is 2.02. The molecule has 0 atom stereocenters. The molecule has 0 saturated heterocycles. The summed E-state index contributed by atoms with van der Waals surface area (Å²) in [4.78, 5) is 23.0. The third-order valence-electron chi connectivity index (χ3n) is 1.65. The maximum atomic E-state index is 11.6. The molecule has 1 heterocycles. The van der Waals surface area contributed by atoms with Gasteiger partial charge in [-0.2, -0.15) is 0 Å². The van der Waals surface area contributed by atoms with Gasteiger partial charge in [0.2, 0.25) is 0 Å². The molecule has 0 fully saturated rings. The lowest BCUT2D eigenvalue weighted by molar-refractivity contribution is -0.363. The molecule has 0 radical (unpaired) electrons. The van der Waals surface area contributed by atoms with Crippen LogP contribution in [0, 0.1) is 10.1 Å². The Kier molecular flexibility index (Phi) is 3.25. The first kappa shape index (κ1) is 11.4. The van der Waals surface area contributed by atoms with Gasteiger partial charge in [-0.05, 0) is 0 Å². The van der Waals surface area contributed by atoms with Crippen molar-refractivity contribution in [2.45, 2.75) is 0 Å². The largest absolute Gasteiger partial charge is 0.382 e. The van der Waals surface area contributed by atoms with Gasteiger partial charge in [0, 0.05) is 27.3 Å². The van der Waals surface area contributed by atoms with E-state index in [-0.39, 0.29) is 5.56 Å². The number of rotatable bonds is 2. The number of nitro groups is 1. The molecular formula is C8H11N3O3S. The van der Waals surface area contributed by atoms with Gasteiger partial charge in [0.1, 0.15) is 4.53 Å². The van der Waals surface area contributed by atoms with Gasteiger partial charge in [-0.1, -0.05) is 0 Å². The van der Waals surface area contributed by atoms with E-state index in [2.05, 4.69) is 0 Å². The Morgan fingerprint density at radius 3 is 2.60 bits per heavy atom. The maximum absolute atomic E-state index is 11.6. The summed E-state index contributed by atoms with van der Waals surface area (Å²) in [5.41, 5.74) is -0.221. The second-order valence-electron chi connectivity index (χ2n) is 3.18. The van der Waals surface area contributed by atoms with Gasteiger partial charge < -0.3 is 4.90 Å². The Bertz CT molecular complexity index is 540. The standard InChI is InChI=1S/C8H11N3O3S/c1-9(2)4-6-8(12)10(3)7(15-6)5-11(13)14/h4-5H,1-3H3. The molecule has 0 N–H and O–H groups in total. The van der Waals surface area contributed by atoms with Crippen molar-refractivity contribution in [2.24, 2.45) is 7.05 Å². The Labute approximate surface area is 89.5 Å². The molecule has 0 bridgehead atoms. The molecule has 1 aromatic heterocycles. The van der Waals surface area contributed by atoms with Crippen LogP contribution in [-0.4, -0.2) is 28.5 Å². The monoisotopic (exact) mass is 229 g/mol. The van der Waals surface area contributed by atoms with Crippen molar-refractivity contribution in [1.82, 2.24) is 9.47 Å². The van der Waals surface area contributed by atoms with Crippen molar-refractivity contribution in [3.8, 4) is 0 Å². The molecule has 6 nitrogen and oxygen atoms in total. The van der Waals surface area contributed by atoms with Crippen molar-refractivity contribution in [3.63, 3.8) is 0 Å². The zero-order valence-corrected chi connectivity index (χ0v) is 9.45. The van der Waals surface area contributed by atoms with Gasteiger partial charge in [-0.15, -0.1) is 11.3 Å². The topological polar surface area (TPSA) is 68.4 Å². The Hall–Kier alpha value is -1.63. The molecule has 0 aliphatic heterocycles. The summed E-state index contributed by atoms with van der Waals surface area (Å²) in [5, 5.41) is 10.3. The van der Waals surface area contributed by atoms with Crippen LogP contribution in [0.3, 0.4) is 0 Å². The zero-order valence-electron chi connectivity index (χ0n) is 8.63. The van der Waals surface area contributed by atoms with Gasteiger partial charge in [0.25, 0.3) is 11.8 Å². The number of nitrogens with zero attached hydrogens (tertiary/aromatic N) is 3. The van der Waals surface area contributed by atoms with Crippen LogP contribution in [0.25, 0.3) is 12.4 Å². The Morgan fingerprint density at radius 1 is 1.53 bits per heavy atom. The molecule has 0 saturated carbocycles. The van der Waals surface area contributed by atoms with Crippen LogP contribution in [0.2, 0.25) is 0 Å². The van der Waals surface area contributed by atoms with Crippen LogP contribution in [-0.2, 0) is 7.05 Å². The minimum absolute atomic E-state index is 0.221. The Morgan fingerprint density at radius 2 is 2.13 bits per heavy atom. The Balaban J connectivity index is 3.51. The highest BCUT2D eigenvalue weighted by molar-refractivity contribution is 7.07. The van der Waals surface area contributed by atoms with E-state index >= 15 is 0 Å². The molecule has 82 valence electrons. The van der Waals surface area contributed by atoms with E-state index in [1.807, 2.05) is 0 Å². The third-order valence-corrected chi connectivity index (χ3v) is 2.74. The molecule has 0 amide bonds. The van der Waals surface area contributed by atoms with Crippen LogP contribution >= 0.6 is 11.3 Å². The van der Waals surface area contributed by atoms with E-state index in [1.54, 1.807) is 25.2 Å². The summed E-state index contributed by atoms with van der Waals surface area (Å²) in [5.74, 6) is 0. The molecule has 7 heteroatoms. The molecule has 0 spiro atoms. The molecule has 0 unspecified atom stereocenters. The first-order valence-corrected chi connectivity index (χ1v) is 4.93. The van der Waals surface area contributed by atoms with Gasteiger partial charge in [-0.25, -0.2) is 0 Å². The second kappa shape index (κ2) is 4.26. The fraction of sp³-hybridized carbons (Fsp3) is 0.375. The first-order valence-electron chi connectivity index (χ1n) is 4.11. The van der Waals surface area contributed by atoms with Crippen molar-refractivity contribution < 1.29 is 4.92 Å². The van der Waals surface area contributed by atoms with Gasteiger partial charge in [-0.3, -0.25) is 19.5 Å². The molecule has 0 aromatic carbocycles. The average Bonchev–Trinajstić information content (AvgIpc) is 2.32. The van der Waals surface area contributed by atoms with E-state index in [1.165, 1.54) is 11.6 Å². The predicted octanol–water partition coefficient (Wildman–Crippen LogP) is -1.24. The summed E-state index contributed by atoms with van der Waals surface area (Å²) in [6.07, 6.45) is 2.48. The summed E-state index contributed by atoms with van der Waals surface area (Å²) in [7, 11) is 5.09. The summed E-state index contributed by atoms with van der Waals surface area (Å²) in [6.45, 7) is 0. The molecule has 1 rings (SSSR count). The fourth-order valence-electron chi connectivity index (χ4n) is 1.01. The summed E-state index contributed by atoms with van der Waals surface area (Å²) < 4.78 is 2.08. The minimum Gasteiger partial charge on any atom is -0.382 e. The van der Waals surface area contributed by atoms with Gasteiger partial charge in [0.05, 0.1) is 4.92 Å². The lowest BCUT2D eigenvalue weighted by atomic mass is 10.7. The normalized spacial score (nSPS) is 13.3. The maximum Gasteiger partial charge on any atom is 0.270 e. The third kappa shape index (κ3) is 2.66. The number of hydrogen-bond donors (Lipinski definition) is 0. The highest BCUT2D eigenvalue weighted by Crippen LogP contribution is 1.78. The molecule has 0 aliphatic rings. The minimum atomic E-state index is -0.565. The van der Waals surface area contributed by atoms with Crippen molar-refractivity contribution in [1.29, 1.82) is 0 Å². The lowest BCUT2D eigenvalue weighted by Crippen LogP contribution is -2.30. The fourth-order valence-corrected chi connectivity index (χ4v) is 2.08. The predicted molar refractivity (Wildman–Crippen MR) is 58.4 cm³/mol.